The molecule has 110 valence electrons. The summed E-state index contributed by atoms with van der Waals surface area (Å²) in [6.07, 6.45) is 4.64. The average Bonchev–Trinajstić information content (AvgIpc) is 2.43. The number of rotatable bonds is 5. The van der Waals surface area contributed by atoms with Crippen molar-refractivity contribution in [2.75, 3.05) is 13.1 Å². The number of pyridine rings is 1. The molecule has 0 saturated heterocycles. The molecule has 1 aromatic rings. The summed E-state index contributed by atoms with van der Waals surface area (Å²) >= 11 is 0. The molecule has 0 radical (unpaired) electrons. The van der Waals surface area contributed by atoms with E-state index in [0.29, 0.717) is 11.2 Å². The lowest BCUT2D eigenvalue weighted by Crippen LogP contribution is -2.38. The van der Waals surface area contributed by atoms with E-state index >= 15 is 0 Å². The Labute approximate surface area is 122 Å². The van der Waals surface area contributed by atoms with Crippen molar-refractivity contribution in [3.63, 3.8) is 0 Å². The topological polar surface area (TPSA) is 33.2 Å². The lowest BCUT2D eigenvalue weighted by atomic mass is 9.71. The summed E-state index contributed by atoms with van der Waals surface area (Å²) < 4.78 is 0. The maximum absolute atomic E-state index is 12.1. The Balaban J connectivity index is 1.97. The highest BCUT2D eigenvalue weighted by Crippen LogP contribution is 2.37. The Morgan fingerprint density at radius 3 is 2.85 bits per heavy atom. The molecule has 1 aliphatic rings. The van der Waals surface area contributed by atoms with Crippen molar-refractivity contribution in [3.05, 3.63) is 30.1 Å². The minimum atomic E-state index is 0.197. The predicted molar refractivity (Wildman–Crippen MR) is 81.3 cm³/mol. The van der Waals surface area contributed by atoms with Gasteiger partial charge in [-0.05, 0) is 36.9 Å². The lowest BCUT2D eigenvalue weighted by Gasteiger charge is -2.36. The van der Waals surface area contributed by atoms with Gasteiger partial charge in [0.1, 0.15) is 5.78 Å². The lowest BCUT2D eigenvalue weighted by molar-refractivity contribution is -0.127. The van der Waals surface area contributed by atoms with E-state index in [2.05, 4.69) is 36.7 Å². The maximum Gasteiger partial charge on any atom is 0.137 e. The average molecular weight is 274 g/mol. The third-order valence-electron chi connectivity index (χ3n) is 4.34. The summed E-state index contributed by atoms with van der Waals surface area (Å²) in [6.45, 7) is 9.38. The van der Waals surface area contributed by atoms with Crippen molar-refractivity contribution in [2.24, 2.45) is 11.3 Å². The molecule has 0 aromatic carbocycles. The van der Waals surface area contributed by atoms with Gasteiger partial charge in [0.25, 0.3) is 0 Å². The summed E-state index contributed by atoms with van der Waals surface area (Å²) in [7, 11) is 0. The molecule has 3 nitrogen and oxygen atoms in total. The van der Waals surface area contributed by atoms with E-state index < -0.39 is 0 Å². The zero-order valence-electron chi connectivity index (χ0n) is 12.9. The number of hydrogen-bond donors (Lipinski definition) is 0. The molecule has 1 aliphatic carbocycles. The Bertz CT molecular complexity index is 442. The molecule has 1 saturated carbocycles. The second-order valence-corrected chi connectivity index (χ2v) is 6.68. The Morgan fingerprint density at radius 1 is 1.40 bits per heavy atom. The van der Waals surface area contributed by atoms with Crippen LogP contribution in [0.2, 0.25) is 0 Å². The van der Waals surface area contributed by atoms with Crippen LogP contribution in [0.15, 0.2) is 24.4 Å². The van der Waals surface area contributed by atoms with Crippen LogP contribution in [-0.2, 0) is 11.3 Å². The summed E-state index contributed by atoms with van der Waals surface area (Å²) in [6, 6.07) is 6.01. The standard InChI is InChI=1S/C17H26N2O/c1-4-19(13-15-7-5-6-10-18-15)12-14-11-17(2,3)9-8-16(14)20/h5-7,10,14H,4,8-9,11-13H2,1-3H3. The first-order valence-corrected chi connectivity index (χ1v) is 7.65. The largest absolute Gasteiger partial charge is 0.299 e. The van der Waals surface area contributed by atoms with Crippen molar-refractivity contribution in [2.45, 2.75) is 46.6 Å². The zero-order chi connectivity index (χ0) is 14.6. The summed E-state index contributed by atoms with van der Waals surface area (Å²) in [5, 5.41) is 0. The highest BCUT2D eigenvalue weighted by atomic mass is 16.1. The number of carbonyl (C=O) groups is 1. The Hall–Kier alpha value is -1.22. The van der Waals surface area contributed by atoms with Crippen molar-refractivity contribution >= 4 is 5.78 Å². The Morgan fingerprint density at radius 2 is 2.20 bits per heavy atom. The van der Waals surface area contributed by atoms with Gasteiger partial charge in [-0.1, -0.05) is 26.8 Å². The molecule has 0 bridgehead atoms. The predicted octanol–water partition coefficient (Wildman–Crippen LogP) is 3.30. The number of Topliss-reactive ketones (excluding diaryl/α,β-unsaturated/α-hetero) is 1. The molecule has 0 spiro atoms. The summed E-state index contributed by atoms with van der Waals surface area (Å²) in [4.78, 5) is 18.9. The number of carbonyl (C=O) groups excluding carboxylic acids is 1. The van der Waals surface area contributed by atoms with Crippen LogP contribution in [0.1, 0.15) is 45.7 Å². The van der Waals surface area contributed by atoms with Gasteiger partial charge in [0, 0.05) is 31.6 Å². The summed E-state index contributed by atoms with van der Waals surface area (Å²) in [5.74, 6) is 0.645. The molecule has 1 aromatic heterocycles. The molecule has 20 heavy (non-hydrogen) atoms. The quantitative estimate of drug-likeness (QED) is 0.826. The van der Waals surface area contributed by atoms with Crippen LogP contribution >= 0.6 is 0 Å². The monoisotopic (exact) mass is 274 g/mol. The minimum Gasteiger partial charge on any atom is -0.299 e. The van der Waals surface area contributed by atoms with Gasteiger partial charge in [-0.15, -0.1) is 0 Å². The fraction of sp³-hybridized carbons (Fsp3) is 0.647. The molecule has 1 heterocycles. The smallest absolute Gasteiger partial charge is 0.137 e. The van der Waals surface area contributed by atoms with Crippen molar-refractivity contribution in [1.29, 1.82) is 0 Å². The van der Waals surface area contributed by atoms with E-state index in [1.54, 1.807) is 0 Å². The van der Waals surface area contributed by atoms with Gasteiger partial charge >= 0.3 is 0 Å². The molecule has 0 N–H and O–H groups in total. The van der Waals surface area contributed by atoms with Gasteiger partial charge in [-0.3, -0.25) is 14.7 Å². The van der Waals surface area contributed by atoms with Gasteiger partial charge in [0.05, 0.1) is 5.69 Å². The molecule has 1 atom stereocenters. The highest BCUT2D eigenvalue weighted by molar-refractivity contribution is 5.82. The first kappa shape index (κ1) is 15.2. The van der Waals surface area contributed by atoms with Crippen molar-refractivity contribution in [1.82, 2.24) is 9.88 Å². The van der Waals surface area contributed by atoms with E-state index in [0.717, 1.165) is 44.6 Å². The maximum atomic E-state index is 12.1. The van der Waals surface area contributed by atoms with Crippen LogP contribution in [0.3, 0.4) is 0 Å². The molecule has 0 amide bonds. The van der Waals surface area contributed by atoms with Gasteiger partial charge in [-0.2, -0.15) is 0 Å². The van der Waals surface area contributed by atoms with Crippen LogP contribution in [-0.4, -0.2) is 28.8 Å². The van der Waals surface area contributed by atoms with E-state index in [1.807, 2.05) is 18.3 Å². The van der Waals surface area contributed by atoms with Crippen LogP contribution in [0.5, 0.6) is 0 Å². The fourth-order valence-corrected chi connectivity index (χ4v) is 3.05. The molecular weight excluding hydrogens is 248 g/mol. The van der Waals surface area contributed by atoms with E-state index in [-0.39, 0.29) is 5.92 Å². The SMILES string of the molecule is CCN(Cc1ccccn1)CC1CC(C)(C)CCC1=O. The van der Waals surface area contributed by atoms with Gasteiger partial charge in [-0.25, -0.2) is 0 Å². The first-order chi connectivity index (χ1) is 9.50. The summed E-state index contributed by atoms with van der Waals surface area (Å²) in [5.41, 5.74) is 1.39. The van der Waals surface area contributed by atoms with Crippen molar-refractivity contribution in [3.8, 4) is 0 Å². The van der Waals surface area contributed by atoms with E-state index in [9.17, 15) is 4.79 Å². The van der Waals surface area contributed by atoms with Crippen LogP contribution < -0.4 is 0 Å². The van der Waals surface area contributed by atoms with E-state index in [4.69, 9.17) is 0 Å². The van der Waals surface area contributed by atoms with Gasteiger partial charge < -0.3 is 0 Å². The third kappa shape index (κ3) is 4.14. The first-order valence-electron chi connectivity index (χ1n) is 7.65. The van der Waals surface area contributed by atoms with Gasteiger partial charge in [0.2, 0.25) is 0 Å². The second kappa shape index (κ2) is 6.49. The Kier molecular flexibility index (Phi) is 4.92. The van der Waals surface area contributed by atoms with E-state index in [1.165, 1.54) is 0 Å². The molecule has 3 heteroatoms. The normalized spacial score (nSPS) is 22.2. The number of hydrogen-bond acceptors (Lipinski definition) is 3. The minimum absolute atomic E-state index is 0.197. The van der Waals surface area contributed by atoms with Crippen LogP contribution in [0, 0.1) is 11.3 Å². The van der Waals surface area contributed by atoms with Crippen LogP contribution in [0.4, 0.5) is 0 Å². The number of nitrogens with zero attached hydrogens (tertiary/aromatic N) is 2. The zero-order valence-corrected chi connectivity index (χ0v) is 12.9. The molecule has 0 aliphatic heterocycles. The second-order valence-electron chi connectivity index (χ2n) is 6.68. The molecular formula is C17H26N2O. The fourth-order valence-electron chi connectivity index (χ4n) is 3.05. The number of aromatic nitrogens is 1. The highest BCUT2D eigenvalue weighted by Gasteiger charge is 2.34. The molecule has 1 unspecified atom stereocenters. The van der Waals surface area contributed by atoms with Gasteiger partial charge in [0.15, 0.2) is 0 Å². The van der Waals surface area contributed by atoms with Crippen molar-refractivity contribution < 1.29 is 4.79 Å². The number of ketones is 1. The molecule has 2 rings (SSSR count). The third-order valence-corrected chi connectivity index (χ3v) is 4.34. The molecule has 1 fully saturated rings. The van der Waals surface area contributed by atoms with Crippen LogP contribution in [0.25, 0.3) is 0 Å².